The van der Waals surface area contributed by atoms with Crippen LogP contribution in [0, 0.1) is 11.8 Å². The van der Waals surface area contributed by atoms with Gasteiger partial charge in [-0.1, -0.05) is 6.08 Å². The fourth-order valence-corrected chi connectivity index (χ4v) is 4.40. The molecule has 120 valence electrons. The van der Waals surface area contributed by atoms with Gasteiger partial charge in [0.05, 0.1) is 12.6 Å². The lowest BCUT2D eigenvalue weighted by atomic mass is 9.74. The van der Waals surface area contributed by atoms with E-state index in [1.54, 1.807) is 7.11 Å². The predicted molar refractivity (Wildman–Crippen MR) is 93.8 cm³/mol. The predicted octanol–water partition coefficient (Wildman–Crippen LogP) is 3.68. The third-order valence-corrected chi connectivity index (χ3v) is 5.73. The summed E-state index contributed by atoms with van der Waals surface area (Å²) in [6.07, 6.45) is 7.84. The standard InChI is InChI=1S/C20H24N2O/c1-3-14-13-22-9-7-15(14)10-17(22)11-16-6-8-21-20-5-4-18(23-2)12-19(16)20/h3-6,8,12,14-15,17H,1,7,9-11,13H2,2H3/t14-,15-,17-/m0/s1. The number of piperidine rings is 3. The van der Waals surface area contributed by atoms with Gasteiger partial charge in [0.15, 0.2) is 0 Å². The summed E-state index contributed by atoms with van der Waals surface area (Å²) in [5, 5.41) is 1.23. The van der Waals surface area contributed by atoms with E-state index >= 15 is 0 Å². The molecule has 1 unspecified atom stereocenters. The molecular formula is C20H24N2O. The molecule has 23 heavy (non-hydrogen) atoms. The van der Waals surface area contributed by atoms with E-state index in [2.05, 4.69) is 40.7 Å². The molecule has 0 aliphatic carbocycles. The lowest BCUT2D eigenvalue weighted by Gasteiger charge is -2.49. The average Bonchev–Trinajstić information content (AvgIpc) is 2.62. The van der Waals surface area contributed by atoms with Crippen LogP contribution < -0.4 is 4.74 Å². The highest BCUT2D eigenvalue weighted by molar-refractivity contribution is 5.83. The van der Waals surface area contributed by atoms with Crippen LogP contribution in [0.2, 0.25) is 0 Å². The molecule has 1 aromatic heterocycles. The van der Waals surface area contributed by atoms with Gasteiger partial charge in [-0.25, -0.2) is 0 Å². The van der Waals surface area contributed by atoms with Gasteiger partial charge in [0.1, 0.15) is 5.75 Å². The van der Waals surface area contributed by atoms with Crippen LogP contribution in [0.4, 0.5) is 0 Å². The number of nitrogens with zero attached hydrogens (tertiary/aromatic N) is 2. The lowest BCUT2D eigenvalue weighted by molar-refractivity contribution is 0.0196. The number of aromatic nitrogens is 1. The molecule has 3 aliphatic rings. The van der Waals surface area contributed by atoms with Gasteiger partial charge in [0.25, 0.3) is 0 Å². The van der Waals surface area contributed by atoms with Gasteiger partial charge in [-0.2, -0.15) is 0 Å². The summed E-state index contributed by atoms with van der Waals surface area (Å²) in [5.74, 6) is 2.42. The van der Waals surface area contributed by atoms with E-state index < -0.39 is 0 Å². The maximum Gasteiger partial charge on any atom is 0.119 e. The number of methoxy groups -OCH3 is 1. The monoisotopic (exact) mass is 308 g/mol. The topological polar surface area (TPSA) is 25.4 Å². The van der Waals surface area contributed by atoms with Crippen LogP contribution in [0.5, 0.6) is 5.75 Å². The van der Waals surface area contributed by atoms with Crippen molar-refractivity contribution in [3.8, 4) is 5.75 Å². The number of ether oxygens (including phenoxy) is 1. The molecule has 1 aromatic carbocycles. The third kappa shape index (κ3) is 2.63. The Morgan fingerprint density at radius 3 is 3.04 bits per heavy atom. The minimum atomic E-state index is 0.654. The highest BCUT2D eigenvalue weighted by Gasteiger charge is 2.38. The third-order valence-electron chi connectivity index (χ3n) is 5.73. The first-order valence-corrected chi connectivity index (χ1v) is 8.56. The molecule has 2 aromatic rings. The van der Waals surface area contributed by atoms with Gasteiger partial charge >= 0.3 is 0 Å². The molecule has 0 amide bonds. The molecule has 5 rings (SSSR count). The van der Waals surface area contributed by atoms with E-state index in [9.17, 15) is 0 Å². The van der Waals surface area contributed by atoms with Crippen molar-refractivity contribution in [2.75, 3.05) is 20.2 Å². The van der Waals surface area contributed by atoms with E-state index in [0.717, 1.165) is 23.6 Å². The first-order valence-electron chi connectivity index (χ1n) is 8.56. The average molecular weight is 308 g/mol. The largest absolute Gasteiger partial charge is 0.497 e. The van der Waals surface area contributed by atoms with Crippen molar-refractivity contribution in [2.45, 2.75) is 25.3 Å². The summed E-state index contributed by atoms with van der Waals surface area (Å²) in [5.41, 5.74) is 2.45. The number of fused-ring (bicyclic) bond motifs is 4. The zero-order valence-electron chi connectivity index (χ0n) is 13.7. The summed E-state index contributed by atoms with van der Waals surface area (Å²) in [7, 11) is 1.72. The minimum absolute atomic E-state index is 0.654. The summed E-state index contributed by atoms with van der Waals surface area (Å²) in [6, 6.07) is 9.00. The molecule has 0 spiro atoms. The van der Waals surface area contributed by atoms with Gasteiger partial charge in [-0.05, 0) is 67.5 Å². The molecule has 0 N–H and O–H groups in total. The van der Waals surface area contributed by atoms with E-state index in [-0.39, 0.29) is 0 Å². The molecule has 3 fully saturated rings. The normalized spacial score (nSPS) is 29.6. The molecule has 0 saturated carbocycles. The Morgan fingerprint density at radius 2 is 2.30 bits per heavy atom. The van der Waals surface area contributed by atoms with Crippen molar-refractivity contribution >= 4 is 10.9 Å². The van der Waals surface area contributed by atoms with Crippen LogP contribution in [-0.2, 0) is 6.42 Å². The van der Waals surface area contributed by atoms with Crippen molar-refractivity contribution < 1.29 is 4.74 Å². The van der Waals surface area contributed by atoms with E-state index in [4.69, 9.17) is 4.74 Å². The Bertz CT molecular complexity index is 727. The highest BCUT2D eigenvalue weighted by atomic mass is 16.5. The fraction of sp³-hybridized carbons (Fsp3) is 0.450. The fourth-order valence-electron chi connectivity index (χ4n) is 4.40. The molecule has 3 aliphatic heterocycles. The molecule has 3 nitrogen and oxygen atoms in total. The van der Waals surface area contributed by atoms with Crippen molar-refractivity contribution in [3.05, 3.63) is 48.7 Å². The van der Waals surface area contributed by atoms with Crippen molar-refractivity contribution in [3.63, 3.8) is 0 Å². The first-order chi connectivity index (χ1) is 11.3. The van der Waals surface area contributed by atoms with Crippen LogP contribution in [0.1, 0.15) is 18.4 Å². The van der Waals surface area contributed by atoms with Crippen LogP contribution in [0.3, 0.4) is 0 Å². The summed E-state index contributed by atoms with van der Waals surface area (Å²) < 4.78 is 5.40. The van der Waals surface area contributed by atoms with Gasteiger partial charge < -0.3 is 4.74 Å². The number of rotatable bonds is 4. The number of pyridine rings is 1. The van der Waals surface area contributed by atoms with Crippen LogP contribution in [0.15, 0.2) is 43.1 Å². The molecule has 3 saturated heterocycles. The Morgan fingerprint density at radius 1 is 1.39 bits per heavy atom. The van der Waals surface area contributed by atoms with Crippen LogP contribution in [-0.4, -0.2) is 36.1 Å². The first kappa shape index (κ1) is 14.7. The zero-order valence-corrected chi connectivity index (χ0v) is 13.7. The molecule has 4 atom stereocenters. The quantitative estimate of drug-likeness (QED) is 0.806. The van der Waals surface area contributed by atoms with Gasteiger partial charge in [0, 0.05) is 24.2 Å². The summed E-state index contributed by atoms with van der Waals surface area (Å²) in [6.45, 7) is 6.45. The maximum absolute atomic E-state index is 5.40. The second-order valence-electron chi connectivity index (χ2n) is 6.89. The molecule has 0 radical (unpaired) electrons. The Balaban J connectivity index is 1.62. The van der Waals surface area contributed by atoms with Gasteiger partial charge in [-0.15, -0.1) is 6.58 Å². The maximum atomic E-state index is 5.40. The minimum Gasteiger partial charge on any atom is -0.497 e. The zero-order chi connectivity index (χ0) is 15.8. The Kier molecular flexibility index (Phi) is 3.82. The lowest BCUT2D eigenvalue weighted by Crippen LogP contribution is -2.53. The van der Waals surface area contributed by atoms with Crippen molar-refractivity contribution in [2.24, 2.45) is 11.8 Å². The van der Waals surface area contributed by atoms with Gasteiger partial charge in [-0.3, -0.25) is 9.88 Å². The SMILES string of the molecule is C=C[C@H]1CN2CC[C@H]1C[C@H]2Cc1ccnc2ccc(OC)cc12. The van der Waals surface area contributed by atoms with Crippen molar-refractivity contribution in [1.82, 2.24) is 9.88 Å². The molecule has 2 bridgehead atoms. The van der Waals surface area contributed by atoms with Crippen LogP contribution >= 0.6 is 0 Å². The van der Waals surface area contributed by atoms with E-state index in [1.165, 1.54) is 36.9 Å². The van der Waals surface area contributed by atoms with E-state index in [0.29, 0.717) is 12.0 Å². The van der Waals surface area contributed by atoms with Crippen molar-refractivity contribution in [1.29, 1.82) is 0 Å². The molecule has 3 heteroatoms. The summed E-state index contributed by atoms with van der Waals surface area (Å²) in [4.78, 5) is 7.17. The van der Waals surface area contributed by atoms with E-state index in [1.807, 2.05) is 12.3 Å². The summed E-state index contributed by atoms with van der Waals surface area (Å²) >= 11 is 0. The number of hydrogen-bond acceptors (Lipinski definition) is 3. The second-order valence-corrected chi connectivity index (χ2v) is 6.89. The van der Waals surface area contributed by atoms with Gasteiger partial charge in [0.2, 0.25) is 0 Å². The second kappa shape index (κ2) is 5.97. The Labute approximate surface area is 138 Å². The Hall–Kier alpha value is -1.87. The number of benzene rings is 1. The highest BCUT2D eigenvalue weighted by Crippen LogP contribution is 2.38. The number of hydrogen-bond donors (Lipinski definition) is 0. The molecule has 4 heterocycles. The molecular weight excluding hydrogens is 284 g/mol. The smallest absolute Gasteiger partial charge is 0.119 e. The van der Waals surface area contributed by atoms with Crippen LogP contribution in [0.25, 0.3) is 10.9 Å².